The molecule has 0 aliphatic rings. The zero-order valence-corrected chi connectivity index (χ0v) is 14.4. The third-order valence-electron chi connectivity index (χ3n) is 2.75. The van der Waals surface area contributed by atoms with Crippen molar-refractivity contribution in [2.45, 2.75) is 33.0 Å². The van der Waals surface area contributed by atoms with Crippen LogP contribution in [0.3, 0.4) is 0 Å². The van der Waals surface area contributed by atoms with E-state index in [1.165, 1.54) is 16.7 Å². The van der Waals surface area contributed by atoms with Gasteiger partial charge >= 0.3 is 12.7 Å². The number of carbonyl (C=O) groups is 1. The minimum absolute atomic E-state index is 0.0539. The number of rotatable bonds is 3. The van der Waals surface area contributed by atoms with Gasteiger partial charge in [0.15, 0.2) is 0 Å². The first kappa shape index (κ1) is 17.5. The molecule has 1 aromatic heterocycles. The van der Waals surface area contributed by atoms with Crippen LogP contribution >= 0.6 is 15.9 Å². The van der Waals surface area contributed by atoms with Crippen molar-refractivity contribution in [1.82, 2.24) is 4.57 Å². The van der Waals surface area contributed by atoms with E-state index in [-0.39, 0.29) is 5.75 Å². The maximum absolute atomic E-state index is 12.3. The summed E-state index contributed by atoms with van der Waals surface area (Å²) in [4.78, 5) is 12.3. The maximum Gasteiger partial charge on any atom is 0.419 e. The Labute approximate surface area is 141 Å². The third kappa shape index (κ3) is 4.79. The summed E-state index contributed by atoms with van der Waals surface area (Å²) >= 11 is 3.32. The van der Waals surface area contributed by atoms with Gasteiger partial charge in [0.1, 0.15) is 11.4 Å². The van der Waals surface area contributed by atoms with Gasteiger partial charge in [0, 0.05) is 10.7 Å². The van der Waals surface area contributed by atoms with E-state index in [4.69, 9.17) is 4.74 Å². The van der Waals surface area contributed by atoms with E-state index < -0.39 is 18.3 Å². The van der Waals surface area contributed by atoms with Gasteiger partial charge in [-0.25, -0.2) is 4.79 Å². The lowest BCUT2D eigenvalue weighted by Crippen LogP contribution is -2.27. The highest BCUT2D eigenvalue weighted by Crippen LogP contribution is 2.28. The largest absolute Gasteiger partial charge is 0.443 e. The molecule has 4 nitrogen and oxygen atoms in total. The molecule has 0 saturated heterocycles. The second-order valence-corrected chi connectivity index (χ2v) is 6.71. The minimum atomic E-state index is -2.87. The van der Waals surface area contributed by atoms with Crippen LogP contribution in [0.25, 0.3) is 11.3 Å². The lowest BCUT2D eigenvalue weighted by molar-refractivity contribution is -0.0498. The molecule has 0 atom stereocenters. The van der Waals surface area contributed by atoms with Crippen LogP contribution in [0.4, 0.5) is 13.6 Å². The number of carbonyl (C=O) groups excluding carboxylic acids is 1. The molecule has 0 spiro atoms. The van der Waals surface area contributed by atoms with Gasteiger partial charge < -0.3 is 9.47 Å². The molecule has 2 aromatic rings. The van der Waals surface area contributed by atoms with Gasteiger partial charge in [0.25, 0.3) is 0 Å². The highest BCUT2D eigenvalue weighted by molar-refractivity contribution is 9.10. The topological polar surface area (TPSA) is 40.5 Å². The van der Waals surface area contributed by atoms with E-state index >= 15 is 0 Å². The predicted molar refractivity (Wildman–Crippen MR) is 85.8 cm³/mol. The fourth-order valence-electron chi connectivity index (χ4n) is 1.92. The van der Waals surface area contributed by atoms with Crippen LogP contribution in [0.5, 0.6) is 5.75 Å². The van der Waals surface area contributed by atoms with Crippen LogP contribution in [0.2, 0.25) is 0 Å². The lowest BCUT2D eigenvalue weighted by atomic mass is 10.1. The predicted octanol–water partition coefficient (Wildman–Crippen LogP) is 5.30. The first-order valence-electron chi connectivity index (χ1n) is 6.82. The Morgan fingerprint density at radius 2 is 1.83 bits per heavy atom. The molecular formula is C16H16BrF2NO3. The van der Waals surface area contributed by atoms with Crippen molar-refractivity contribution in [2.24, 2.45) is 0 Å². The SMILES string of the molecule is CC(C)(C)OC(=O)n1cc(Br)cc1-c1ccc(OC(F)F)cc1. The molecule has 1 aromatic carbocycles. The Morgan fingerprint density at radius 3 is 2.35 bits per heavy atom. The van der Waals surface area contributed by atoms with Gasteiger partial charge in [-0.15, -0.1) is 0 Å². The second kappa shape index (κ2) is 6.70. The fourth-order valence-corrected chi connectivity index (χ4v) is 2.34. The van der Waals surface area contributed by atoms with Crippen LogP contribution in [0.15, 0.2) is 41.0 Å². The summed E-state index contributed by atoms with van der Waals surface area (Å²) in [5.74, 6) is 0.0539. The average Bonchev–Trinajstić information content (AvgIpc) is 2.79. The quantitative estimate of drug-likeness (QED) is 0.716. The molecule has 0 saturated carbocycles. The molecule has 0 N–H and O–H groups in total. The standard InChI is InChI=1S/C16H16BrF2NO3/c1-16(2,3)23-15(21)20-9-11(17)8-13(20)10-4-6-12(7-5-10)22-14(18)19/h4-9,14H,1-3H3. The third-order valence-corrected chi connectivity index (χ3v) is 3.19. The Kier molecular flexibility index (Phi) is 5.09. The summed E-state index contributed by atoms with van der Waals surface area (Å²) < 4.78 is 36.1. The Hall–Kier alpha value is -1.89. The van der Waals surface area contributed by atoms with E-state index in [1.54, 1.807) is 45.2 Å². The summed E-state index contributed by atoms with van der Waals surface area (Å²) in [6.45, 7) is 2.46. The normalized spacial score (nSPS) is 11.6. The molecule has 2 rings (SSSR count). The highest BCUT2D eigenvalue weighted by Gasteiger charge is 2.21. The van der Waals surface area contributed by atoms with Gasteiger partial charge in [-0.3, -0.25) is 4.57 Å². The van der Waals surface area contributed by atoms with Crippen molar-refractivity contribution < 1.29 is 23.0 Å². The van der Waals surface area contributed by atoms with Crippen LogP contribution in [0.1, 0.15) is 20.8 Å². The molecule has 1 heterocycles. The molecule has 7 heteroatoms. The van der Waals surface area contributed by atoms with Crippen LogP contribution in [-0.4, -0.2) is 22.9 Å². The molecule has 0 aliphatic heterocycles. The number of nitrogens with zero attached hydrogens (tertiary/aromatic N) is 1. The Morgan fingerprint density at radius 1 is 1.22 bits per heavy atom. The Bertz CT molecular complexity index is 690. The van der Waals surface area contributed by atoms with Crippen LogP contribution < -0.4 is 4.74 Å². The highest BCUT2D eigenvalue weighted by atomic mass is 79.9. The van der Waals surface area contributed by atoms with Crippen molar-refractivity contribution in [3.05, 3.63) is 41.0 Å². The van der Waals surface area contributed by atoms with Gasteiger partial charge in [-0.1, -0.05) is 0 Å². The van der Waals surface area contributed by atoms with Crippen molar-refractivity contribution in [1.29, 1.82) is 0 Å². The summed E-state index contributed by atoms with van der Waals surface area (Å²) in [6, 6.07) is 7.78. The zero-order valence-electron chi connectivity index (χ0n) is 12.8. The molecule has 0 aliphatic carbocycles. The summed E-state index contributed by atoms with van der Waals surface area (Å²) in [5.41, 5.74) is 0.623. The van der Waals surface area contributed by atoms with E-state index in [2.05, 4.69) is 20.7 Å². The van der Waals surface area contributed by atoms with Gasteiger partial charge in [0.05, 0.1) is 5.69 Å². The number of hydrogen-bond acceptors (Lipinski definition) is 3. The van der Waals surface area contributed by atoms with Gasteiger partial charge in [0.2, 0.25) is 0 Å². The summed E-state index contributed by atoms with van der Waals surface area (Å²) in [6.07, 6.45) is 1.07. The minimum Gasteiger partial charge on any atom is -0.443 e. The molecule has 124 valence electrons. The first-order valence-corrected chi connectivity index (χ1v) is 7.61. The summed E-state index contributed by atoms with van der Waals surface area (Å²) in [5, 5.41) is 0. The number of alkyl halides is 2. The van der Waals surface area contributed by atoms with E-state index in [9.17, 15) is 13.6 Å². The van der Waals surface area contributed by atoms with E-state index in [0.717, 1.165) is 0 Å². The summed E-state index contributed by atoms with van der Waals surface area (Å²) in [7, 11) is 0. The van der Waals surface area contributed by atoms with Crippen molar-refractivity contribution in [3.63, 3.8) is 0 Å². The van der Waals surface area contributed by atoms with E-state index in [0.29, 0.717) is 15.7 Å². The van der Waals surface area contributed by atoms with Gasteiger partial charge in [-0.05, 0) is 72.6 Å². The van der Waals surface area contributed by atoms with Gasteiger partial charge in [-0.2, -0.15) is 8.78 Å². The molecular weight excluding hydrogens is 372 g/mol. The number of benzene rings is 1. The molecule has 0 fully saturated rings. The molecule has 0 bridgehead atoms. The zero-order chi connectivity index (χ0) is 17.2. The van der Waals surface area contributed by atoms with Crippen molar-refractivity contribution >= 4 is 22.0 Å². The van der Waals surface area contributed by atoms with Crippen molar-refractivity contribution in [2.75, 3.05) is 0 Å². The van der Waals surface area contributed by atoms with Crippen LogP contribution in [-0.2, 0) is 4.74 Å². The van der Waals surface area contributed by atoms with Crippen molar-refractivity contribution in [3.8, 4) is 17.0 Å². The number of halogens is 3. The maximum atomic E-state index is 12.3. The Balaban J connectivity index is 2.31. The first-order chi connectivity index (χ1) is 10.7. The molecule has 0 radical (unpaired) electrons. The number of aromatic nitrogens is 1. The number of ether oxygens (including phenoxy) is 2. The molecule has 0 unspecified atom stereocenters. The fraction of sp³-hybridized carbons (Fsp3) is 0.312. The smallest absolute Gasteiger partial charge is 0.419 e. The molecule has 0 amide bonds. The van der Waals surface area contributed by atoms with E-state index in [1.807, 2.05) is 0 Å². The average molecular weight is 388 g/mol. The van der Waals surface area contributed by atoms with Crippen LogP contribution in [0, 0.1) is 0 Å². The number of hydrogen-bond donors (Lipinski definition) is 0. The monoisotopic (exact) mass is 387 g/mol. The second-order valence-electron chi connectivity index (χ2n) is 5.80. The molecule has 23 heavy (non-hydrogen) atoms. The lowest BCUT2D eigenvalue weighted by Gasteiger charge is -2.20.